The number of fused-ring (bicyclic) bond motifs is 3. The predicted molar refractivity (Wildman–Crippen MR) is 132 cm³/mol. The Hall–Kier alpha value is -1.14. The zero-order valence-corrected chi connectivity index (χ0v) is 22.7. The molecule has 12 atom stereocenters. The van der Waals surface area contributed by atoms with Crippen molar-refractivity contribution in [2.75, 3.05) is 13.2 Å². The van der Waals surface area contributed by atoms with Gasteiger partial charge >= 0.3 is 5.97 Å². The van der Waals surface area contributed by atoms with Crippen LogP contribution >= 0.6 is 0 Å². The number of Topliss-reactive ketones (excluding diaryl/α,β-unsaturated/α-hetero) is 1. The number of carbonyl (C=O) groups excluding carboxylic acids is 2. The fraction of sp³-hybridized carbons (Fsp3) is 0.929. The third-order valence-electron chi connectivity index (χ3n) is 11.3. The molecule has 1 heterocycles. The molecule has 216 valence electrons. The predicted octanol–water partition coefficient (Wildman–Crippen LogP) is 1.04. The molecule has 0 aromatic carbocycles. The van der Waals surface area contributed by atoms with E-state index in [4.69, 9.17) is 14.2 Å². The van der Waals surface area contributed by atoms with E-state index in [9.17, 15) is 35.1 Å². The van der Waals surface area contributed by atoms with Crippen LogP contribution in [0.2, 0.25) is 0 Å². The highest BCUT2D eigenvalue weighted by Crippen LogP contribution is 2.73. The second kappa shape index (κ2) is 9.75. The Morgan fingerprint density at radius 3 is 2.45 bits per heavy atom. The summed E-state index contributed by atoms with van der Waals surface area (Å²) in [4.78, 5) is 26.5. The van der Waals surface area contributed by atoms with Gasteiger partial charge in [-0.1, -0.05) is 20.3 Å². The van der Waals surface area contributed by atoms with Gasteiger partial charge in [-0.3, -0.25) is 9.59 Å². The Morgan fingerprint density at radius 1 is 1.03 bits per heavy atom. The summed E-state index contributed by atoms with van der Waals surface area (Å²) in [5.41, 5.74) is -1.03. The first kappa shape index (κ1) is 28.4. The van der Waals surface area contributed by atoms with Gasteiger partial charge in [0.25, 0.3) is 0 Å². The smallest absolute Gasteiger partial charge is 0.314 e. The minimum atomic E-state index is -1.63. The van der Waals surface area contributed by atoms with Crippen molar-refractivity contribution in [3.05, 3.63) is 0 Å². The summed E-state index contributed by atoms with van der Waals surface area (Å²) in [7, 11) is 0. The average Bonchev–Trinajstić information content (AvgIpc) is 3.04. The third kappa shape index (κ3) is 4.26. The van der Waals surface area contributed by atoms with Crippen molar-refractivity contribution in [2.24, 2.45) is 33.5 Å². The van der Waals surface area contributed by atoms with Crippen LogP contribution in [0, 0.1) is 33.5 Å². The highest BCUT2D eigenvalue weighted by molar-refractivity contribution is 5.88. The number of hydrogen-bond acceptors (Lipinski definition) is 10. The first-order chi connectivity index (χ1) is 17.8. The molecule has 5 N–H and O–H groups in total. The molecule has 0 radical (unpaired) electrons. The molecule has 1 aliphatic heterocycles. The van der Waals surface area contributed by atoms with Crippen LogP contribution in [0.25, 0.3) is 0 Å². The molecule has 1 spiro atoms. The molecule has 10 nitrogen and oxygen atoms in total. The van der Waals surface area contributed by atoms with E-state index in [0.717, 1.165) is 44.9 Å². The zero-order valence-electron chi connectivity index (χ0n) is 22.7. The number of ketones is 1. The maximum absolute atomic E-state index is 13.6. The van der Waals surface area contributed by atoms with E-state index in [1.165, 1.54) is 0 Å². The van der Waals surface area contributed by atoms with Crippen molar-refractivity contribution in [1.82, 2.24) is 0 Å². The summed E-state index contributed by atoms with van der Waals surface area (Å²) in [6, 6.07) is 0. The number of hydrogen-bond donors (Lipinski definition) is 5. The number of aliphatic hydroxyl groups excluding tert-OH is 5. The Bertz CT molecular complexity index is 941. The van der Waals surface area contributed by atoms with E-state index in [-0.39, 0.29) is 22.2 Å². The summed E-state index contributed by atoms with van der Waals surface area (Å²) in [5.74, 6) is 0.380. The highest BCUT2D eigenvalue weighted by Gasteiger charge is 2.68. The fourth-order valence-corrected chi connectivity index (χ4v) is 9.42. The number of ether oxygens (including phenoxy) is 3. The van der Waals surface area contributed by atoms with Crippen molar-refractivity contribution in [3.8, 4) is 0 Å². The maximum atomic E-state index is 13.6. The minimum Gasteiger partial charge on any atom is -0.433 e. The van der Waals surface area contributed by atoms with E-state index in [1.807, 2.05) is 6.92 Å². The quantitative estimate of drug-likeness (QED) is 0.243. The van der Waals surface area contributed by atoms with Gasteiger partial charge in [0.05, 0.1) is 12.0 Å². The maximum Gasteiger partial charge on any atom is 0.314 e. The summed E-state index contributed by atoms with van der Waals surface area (Å²) >= 11 is 0. The van der Waals surface area contributed by atoms with Crippen LogP contribution in [-0.4, -0.2) is 87.5 Å². The van der Waals surface area contributed by atoms with Crippen LogP contribution in [0.5, 0.6) is 0 Å². The van der Waals surface area contributed by atoms with Gasteiger partial charge < -0.3 is 39.7 Å². The van der Waals surface area contributed by atoms with Gasteiger partial charge in [-0.05, 0) is 74.5 Å². The molecule has 12 unspecified atom stereocenters. The molecule has 38 heavy (non-hydrogen) atoms. The lowest BCUT2D eigenvalue weighted by atomic mass is 9.40. The lowest BCUT2D eigenvalue weighted by Gasteiger charge is -2.63. The Balaban J connectivity index is 1.25. The van der Waals surface area contributed by atoms with Gasteiger partial charge in [0, 0.05) is 11.8 Å². The van der Waals surface area contributed by atoms with Gasteiger partial charge in [-0.15, -0.1) is 0 Å². The molecule has 2 bridgehead atoms. The number of aliphatic hydroxyl groups is 5. The molecule has 1 saturated heterocycles. The molecular weight excluding hydrogens is 496 g/mol. The first-order valence-corrected chi connectivity index (χ1v) is 14.1. The lowest BCUT2D eigenvalue weighted by Crippen LogP contribution is -2.59. The van der Waals surface area contributed by atoms with E-state index in [1.54, 1.807) is 0 Å². The molecule has 4 aliphatic carbocycles. The van der Waals surface area contributed by atoms with Gasteiger partial charge in [-0.2, -0.15) is 0 Å². The monoisotopic (exact) mass is 540 g/mol. The van der Waals surface area contributed by atoms with E-state index >= 15 is 0 Å². The second-order valence-corrected chi connectivity index (χ2v) is 13.5. The summed E-state index contributed by atoms with van der Waals surface area (Å²) in [6.45, 7) is 5.26. The van der Waals surface area contributed by atoms with Crippen molar-refractivity contribution in [3.63, 3.8) is 0 Å². The molecule has 10 heteroatoms. The molecule has 5 rings (SSSR count). The van der Waals surface area contributed by atoms with Gasteiger partial charge in [0.15, 0.2) is 6.29 Å². The number of esters is 1. The molecule has 0 amide bonds. The normalized spacial score (nSPS) is 51.2. The molecule has 4 saturated carbocycles. The third-order valence-corrected chi connectivity index (χ3v) is 11.3. The fourth-order valence-electron chi connectivity index (χ4n) is 9.42. The van der Waals surface area contributed by atoms with Gasteiger partial charge in [0.1, 0.15) is 36.8 Å². The van der Waals surface area contributed by atoms with Crippen molar-refractivity contribution in [2.45, 2.75) is 116 Å². The van der Waals surface area contributed by atoms with Crippen molar-refractivity contribution >= 4 is 11.8 Å². The minimum absolute atomic E-state index is 0.0379. The van der Waals surface area contributed by atoms with E-state index < -0.39 is 61.6 Å². The number of carbonyl (C=O) groups is 2. The molecular formula is C28H44O10. The molecule has 0 aromatic heterocycles. The van der Waals surface area contributed by atoms with Crippen LogP contribution in [0.4, 0.5) is 0 Å². The van der Waals surface area contributed by atoms with Crippen molar-refractivity contribution in [1.29, 1.82) is 0 Å². The van der Waals surface area contributed by atoms with Crippen LogP contribution in [0.3, 0.4) is 0 Å². The topological polar surface area (TPSA) is 163 Å². The summed E-state index contributed by atoms with van der Waals surface area (Å²) in [5, 5.41) is 49.8. The zero-order chi connectivity index (χ0) is 27.7. The summed E-state index contributed by atoms with van der Waals surface area (Å²) in [6.07, 6.45) is -1.06. The number of rotatable bonds is 6. The molecule has 0 aromatic rings. The van der Waals surface area contributed by atoms with E-state index in [0.29, 0.717) is 24.5 Å². The largest absolute Gasteiger partial charge is 0.433 e. The second-order valence-electron chi connectivity index (χ2n) is 13.5. The van der Waals surface area contributed by atoms with Crippen LogP contribution in [-0.2, 0) is 23.8 Å². The van der Waals surface area contributed by atoms with Crippen LogP contribution in [0.1, 0.15) is 78.6 Å². The van der Waals surface area contributed by atoms with Crippen LogP contribution in [0.15, 0.2) is 0 Å². The summed E-state index contributed by atoms with van der Waals surface area (Å²) < 4.78 is 16.1. The van der Waals surface area contributed by atoms with Crippen LogP contribution < -0.4 is 0 Å². The first-order valence-electron chi connectivity index (χ1n) is 14.1. The Kier molecular flexibility index (Phi) is 7.28. The molecule has 5 aliphatic rings. The van der Waals surface area contributed by atoms with Crippen molar-refractivity contribution < 1.29 is 49.3 Å². The van der Waals surface area contributed by atoms with E-state index in [2.05, 4.69) is 13.8 Å². The average molecular weight is 541 g/mol. The lowest BCUT2D eigenvalue weighted by molar-refractivity contribution is -0.311. The molecule has 5 fully saturated rings. The highest BCUT2D eigenvalue weighted by atomic mass is 16.7. The standard InChI is InChI=1S/C28H44O10/c1-25-9-5-17-26(2)7-4-8-27(3,16(26)6-10-28(17,14-25)11-18(25)30)24(35)38-19(31)13-36-23-22(34)21(33)20(32)15(12-29)37-23/h15-17,19-23,29,31-34H,4-14H2,1-3H3. The van der Waals surface area contributed by atoms with Gasteiger partial charge in [-0.25, -0.2) is 0 Å². The SMILES string of the molecule is CC12CCC3C(CCC4C(C)(C(=O)OC(O)COC5OC(CO)C(O)C(O)C5O)CCCC34C)(CC1=O)C2. The Morgan fingerprint density at radius 2 is 1.74 bits per heavy atom. The van der Waals surface area contributed by atoms with Gasteiger partial charge in [0.2, 0.25) is 6.29 Å². The Labute approximate surface area is 223 Å².